The fraction of sp³-hybridized carbons (Fsp3) is 0.143. The molecule has 0 amide bonds. The van der Waals surface area contributed by atoms with E-state index in [-0.39, 0.29) is 0 Å². The van der Waals surface area contributed by atoms with E-state index in [4.69, 9.17) is 0 Å². The maximum absolute atomic E-state index is 2.89. The summed E-state index contributed by atoms with van der Waals surface area (Å²) in [5, 5.41) is 4.42. The van der Waals surface area contributed by atoms with Crippen LogP contribution in [-0.4, -0.2) is 6.16 Å². The van der Waals surface area contributed by atoms with Crippen LogP contribution in [0.5, 0.6) is 0 Å². The summed E-state index contributed by atoms with van der Waals surface area (Å²) in [5.74, 6) is 0. The second-order valence-electron chi connectivity index (χ2n) is 7.86. The van der Waals surface area contributed by atoms with Crippen LogP contribution >= 0.6 is 26.3 Å². The molecule has 0 fully saturated rings. The molecule has 4 rings (SSSR count). The van der Waals surface area contributed by atoms with Crippen LogP contribution in [0.25, 0.3) is 0 Å². The van der Waals surface area contributed by atoms with Gasteiger partial charge < -0.3 is 0 Å². The number of benzene rings is 4. The molecule has 2 heteroatoms. The van der Waals surface area contributed by atoms with Crippen LogP contribution < -0.4 is 15.9 Å². The van der Waals surface area contributed by atoms with Crippen LogP contribution in [0.3, 0.4) is 0 Å². The van der Waals surface area contributed by atoms with Gasteiger partial charge in [-0.1, -0.05) is 0 Å². The van der Waals surface area contributed by atoms with Gasteiger partial charge in [-0.15, -0.1) is 0 Å². The van der Waals surface area contributed by atoms with Crippen molar-refractivity contribution in [2.75, 3.05) is 6.16 Å². The number of hydrogen-bond acceptors (Lipinski definition) is 0. The molecule has 30 heavy (non-hydrogen) atoms. The van der Waals surface area contributed by atoms with Gasteiger partial charge in [-0.25, -0.2) is 0 Å². The van der Waals surface area contributed by atoms with Gasteiger partial charge in [0.1, 0.15) is 0 Å². The van der Waals surface area contributed by atoms with Gasteiger partial charge in [-0.3, -0.25) is 0 Å². The van der Waals surface area contributed by atoms with Gasteiger partial charge >= 0.3 is 195 Å². The zero-order valence-corrected chi connectivity index (χ0v) is 20.3. The normalized spacial score (nSPS) is 12.8. The summed E-state index contributed by atoms with van der Waals surface area (Å²) in [7, 11) is 0. The van der Waals surface area contributed by atoms with Crippen LogP contribution in [0.1, 0.15) is 18.4 Å². The minimum absolute atomic E-state index is 1.14. The third-order valence-corrected chi connectivity index (χ3v) is 17.8. The standard InChI is InChI=1S/C28H28IP/c29-30(26-18-7-2-8-19-26,27-20-9-3-10-21-27,28-22-11-4-12-23-28)24-14-13-17-25-15-5-1-6-16-25/h1-12,15-16,18-23H,13-14,17,24H2. The fourth-order valence-electron chi connectivity index (χ4n) is 4.43. The predicted octanol–water partition coefficient (Wildman–Crippen LogP) is 6.89. The molecule has 0 saturated heterocycles. The van der Waals surface area contributed by atoms with E-state index in [0.29, 0.717) is 0 Å². The van der Waals surface area contributed by atoms with E-state index in [0.717, 1.165) is 6.42 Å². The summed E-state index contributed by atoms with van der Waals surface area (Å²) >= 11 is 2.89. The molecule has 0 spiro atoms. The Hall–Kier alpha value is -1.96. The quantitative estimate of drug-likeness (QED) is 0.134. The SMILES string of the molecule is IP(CCCCc1ccccc1)(c1ccccc1)(c1ccccc1)c1ccccc1. The molecular weight excluding hydrogens is 494 g/mol. The molecule has 0 unspecified atom stereocenters. The molecule has 0 aliphatic rings. The number of unbranched alkanes of at least 4 members (excludes halogenated alkanes) is 1. The third kappa shape index (κ3) is 4.11. The summed E-state index contributed by atoms with van der Waals surface area (Å²) in [5.41, 5.74) is 1.44. The summed E-state index contributed by atoms with van der Waals surface area (Å²) in [6, 6.07) is 44.6. The Morgan fingerprint density at radius 2 is 0.833 bits per heavy atom. The van der Waals surface area contributed by atoms with Crippen LogP contribution in [0.2, 0.25) is 0 Å². The van der Waals surface area contributed by atoms with Gasteiger partial charge in [0.2, 0.25) is 0 Å². The second kappa shape index (κ2) is 9.45. The summed E-state index contributed by atoms with van der Waals surface area (Å²) in [4.78, 5) is 0. The Bertz CT molecular complexity index is 947. The number of aryl methyl sites for hydroxylation is 1. The van der Waals surface area contributed by atoms with Crippen molar-refractivity contribution in [2.45, 2.75) is 19.3 Å². The van der Waals surface area contributed by atoms with E-state index < -0.39 is 4.25 Å². The number of halogens is 1. The predicted molar refractivity (Wildman–Crippen MR) is 143 cm³/mol. The van der Waals surface area contributed by atoms with Crippen molar-refractivity contribution < 1.29 is 0 Å². The van der Waals surface area contributed by atoms with E-state index >= 15 is 0 Å². The topological polar surface area (TPSA) is 0 Å². The first-order chi connectivity index (χ1) is 14.7. The average Bonchev–Trinajstić information content (AvgIpc) is 2.84. The van der Waals surface area contributed by atoms with Crippen molar-refractivity contribution in [1.29, 1.82) is 0 Å². The summed E-state index contributed by atoms with van der Waals surface area (Å²) < 4.78 is -2.61. The second-order valence-corrected chi connectivity index (χ2v) is 18.6. The van der Waals surface area contributed by atoms with Gasteiger partial charge in [-0.05, 0) is 0 Å². The van der Waals surface area contributed by atoms with E-state index in [1.165, 1.54) is 40.5 Å². The molecule has 0 aliphatic carbocycles. The summed E-state index contributed by atoms with van der Waals surface area (Å²) in [6.45, 7) is 0. The van der Waals surface area contributed by atoms with Gasteiger partial charge in [0.05, 0.1) is 0 Å². The third-order valence-electron chi connectivity index (χ3n) is 6.02. The minimum atomic E-state index is -2.61. The first-order valence-electron chi connectivity index (χ1n) is 10.7. The number of rotatable bonds is 8. The zero-order valence-electron chi connectivity index (χ0n) is 17.2. The fourth-order valence-corrected chi connectivity index (χ4v) is 13.2. The van der Waals surface area contributed by atoms with E-state index in [1.54, 1.807) is 0 Å². The summed E-state index contributed by atoms with van der Waals surface area (Å²) in [6.07, 6.45) is 4.73. The molecule has 4 aromatic carbocycles. The van der Waals surface area contributed by atoms with Crippen LogP contribution in [0.4, 0.5) is 0 Å². The molecule has 0 heterocycles. The van der Waals surface area contributed by atoms with Crippen molar-refractivity contribution in [3.8, 4) is 0 Å². The molecule has 0 saturated carbocycles. The molecule has 0 aliphatic heterocycles. The van der Waals surface area contributed by atoms with Crippen molar-refractivity contribution in [3.63, 3.8) is 0 Å². The average molecular weight is 522 g/mol. The monoisotopic (exact) mass is 522 g/mol. The van der Waals surface area contributed by atoms with Crippen LogP contribution in [0, 0.1) is 0 Å². The van der Waals surface area contributed by atoms with Crippen molar-refractivity contribution >= 4 is 42.2 Å². The first-order valence-corrected chi connectivity index (χ1v) is 15.9. The van der Waals surface area contributed by atoms with Crippen LogP contribution in [0.15, 0.2) is 121 Å². The Balaban J connectivity index is 1.77. The molecule has 0 atom stereocenters. The van der Waals surface area contributed by atoms with Crippen molar-refractivity contribution in [3.05, 3.63) is 127 Å². The molecule has 0 bridgehead atoms. The molecular formula is C28H28IP. The molecule has 4 aromatic rings. The Kier molecular flexibility index (Phi) is 6.71. The van der Waals surface area contributed by atoms with Gasteiger partial charge in [0, 0.05) is 0 Å². The van der Waals surface area contributed by atoms with Gasteiger partial charge in [0.25, 0.3) is 0 Å². The number of hydrogen-bond donors (Lipinski definition) is 0. The van der Waals surface area contributed by atoms with Crippen LogP contribution in [-0.2, 0) is 6.42 Å². The van der Waals surface area contributed by atoms with Crippen molar-refractivity contribution in [2.24, 2.45) is 0 Å². The molecule has 0 radical (unpaired) electrons. The van der Waals surface area contributed by atoms with Crippen molar-refractivity contribution in [1.82, 2.24) is 0 Å². The molecule has 0 aromatic heterocycles. The van der Waals surface area contributed by atoms with E-state index in [2.05, 4.69) is 143 Å². The van der Waals surface area contributed by atoms with E-state index in [9.17, 15) is 0 Å². The molecule has 0 nitrogen and oxygen atoms in total. The molecule has 0 N–H and O–H groups in total. The van der Waals surface area contributed by atoms with Gasteiger partial charge in [0.15, 0.2) is 0 Å². The van der Waals surface area contributed by atoms with Gasteiger partial charge in [-0.2, -0.15) is 0 Å². The molecule has 152 valence electrons. The Morgan fingerprint density at radius 1 is 0.467 bits per heavy atom. The Labute approximate surface area is 193 Å². The van der Waals surface area contributed by atoms with E-state index in [1.807, 2.05) is 0 Å². The first kappa shape index (κ1) is 21.3. The zero-order chi connectivity index (χ0) is 20.7. The Morgan fingerprint density at radius 3 is 1.23 bits per heavy atom. The maximum atomic E-state index is 2.89.